The van der Waals surface area contributed by atoms with Gasteiger partial charge in [0.25, 0.3) is 21.7 Å². The van der Waals surface area contributed by atoms with Crippen molar-refractivity contribution in [3.8, 4) is 5.75 Å². The Morgan fingerprint density at radius 3 is 2.57 bits per heavy atom. The number of aliphatic hydroxyl groups excluding tert-OH is 1. The molecule has 0 spiro atoms. The number of nitrogens with one attached hydrogen (secondary N) is 1. The molecule has 0 aliphatic carbocycles. The van der Waals surface area contributed by atoms with Gasteiger partial charge in [0.2, 0.25) is 0 Å². The van der Waals surface area contributed by atoms with Crippen LogP contribution in [0.4, 0.5) is 11.4 Å². The van der Waals surface area contributed by atoms with E-state index in [-0.39, 0.29) is 18.7 Å². The van der Waals surface area contributed by atoms with E-state index in [1.54, 1.807) is 0 Å². The number of nitro groups is 1. The number of phenols is 1. The lowest BCUT2D eigenvalue weighted by atomic mass is 10.2. The number of carbonyl (C=O) groups excluding carboxylic acids is 2. The van der Waals surface area contributed by atoms with Gasteiger partial charge >= 0.3 is 5.97 Å². The van der Waals surface area contributed by atoms with Crippen LogP contribution in [0.2, 0.25) is 0 Å². The summed E-state index contributed by atoms with van der Waals surface area (Å²) in [4.78, 5) is 34.3. The molecular formula is C14H15N3O10S. The first-order chi connectivity index (χ1) is 13.0. The second-order valence-corrected chi connectivity index (χ2v) is 6.88. The fraction of sp³-hybridized carbons (Fsp3) is 0.286. The lowest BCUT2D eigenvalue weighted by Crippen LogP contribution is -2.31. The Kier molecular flexibility index (Phi) is 5.86. The van der Waals surface area contributed by atoms with Crippen LogP contribution in [0.15, 0.2) is 28.3 Å². The number of methoxy groups -OCH3 is 1. The molecule has 1 aromatic carbocycles. The van der Waals surface area contributed by atoms with Crippen molar-refractivity contribution in [1.82, 2.24) is 4.90 Å². The van der Waals surface area contributed by atoms with Gasteiger partial charge in [-0.2, -0.15) is 8.42 Å². The SMILES string of the molecule is COC(=O)C1=C(Nc2cc([N+](=O)[O-])cc(S(=O)(=O)O)c2O)C(=O)N(CCO)C1. The fourth-order valence-corrected chi connectivity index (χ4v) is 3.10. The van der Waals surface area contributed by atoms with Crippen LogP contribution in [-0.2, 0) is 24.4 Å². The van der Waals surface area contributed by atoms with Gasteiger partial charge in [0.05, 0.1) is 36.4 Å². The summed E-state index contributed by atoms with van der Waals surface area (Å²) >= 11 is 0. The average molecular weight is 417 g/mol. The maximum atomic E-state index is 12.4. The molecule has 1 aliphatic rings. The molecule has 0 aromatic heterocycles. The van der Waals surface area contributed by atoms with E-state index in [1.165, 1.54) is 0 Å². The van der Waals surface area contributed by atoms with Crippen molar-refractivity contribution in [1.29, 1.82) is 0 Å². The van der Waals surface area contributed by atoms with E-state index in [4.69, 9.17) is 5.11 Å². The predicted octanol–water partition coefficient (Wildman–Crippen LogP) is -0.779. The zero-order chi connectivity index (χ0) is 21.2. The Labute approximate surface area is 157 Å². The van der Waals surface area contributed by atoms with Gasteiger partial charge in [-0.3, -0.25) is 19.5 Å². The second-order valence-electron chi connectivity index (χ2n) is 5.49. The van der Waals surface area contributed by atoms with Crippen molar-refractivity contribution in [3.05, 3.63) is 33.5 Å². The number of ether oxygens (including phenoxy) is 1. The van der Waals surface area contributed by atoms with Crippen LogP contribution in [0, 0.1) is 10.1 Å². The maximum absolute atomic E-state index is 12.4. The number of rotatable bonds is 7. The molecule has 152 valence electrons. The number of nitro benzene ring substituents is 1. The minimum atomic E-state index is -5.04. The summed E-state index contributed by atoms with van der Waals surface area (Å²) in [6.45, 7) is -0.806. The van der Waals surface area contributed by atoms with Gasteiger partial charge in [0.15, 0.2) is 5.75 Å². The van der Waals surface area contributed by atoms with Gasteiger partial charge in [-0.05, 0) is 0 Å². The molecule has 28 heavy (non-hydrogen) atoms. The summed E-state index contributed by atoms with van der Waals surface area (Å²) in [6, 6.07) is 1.15. The van der Waals surface area contributed by atoms with Crippen LogP contribution < -0.4 is 5.32 Å². The van der Waals surface area contributed by atoms with E-state index in [0.29, 0.717) is 12.1 Å². The number of β-amino-alcohol motifs (C(OH)–C–C–N with tert-alkyl or cyclic N) is 1. The van der Waals surface area contributed by atoms with E-state index in [0.717, 1.165) is 12.0 Å². The molecule has 1 aromatic rings. The van der Waals surface area contributed by atoms with Crippen LogP contribution >= 0.6 is 0 Å². The Balaban J connectivity index is 2.61. The first-order valence-corrected chi connectivity index (χ1v) is 8.92. The molecule has 0 atom stereocenters. The first kappa shape index (κ1) is 21.1. The Morgan fingerprint density at radius 1 is 1.43 bits per heavy atom. The number of nitrogens with zero attached hydrogens (tertiary/aromatic N) is 2. The van der Waals surface area contributed by atoms with Crippen molar-refractivity contribution in [3.63, 3.8) is 0 Å². The van der Waals surface area contributed by atoms with Gasteiger partial charge in [-0.15, -0.1) is 0 Å². The lowest BCUT2D eigenvalue weighted by molar-refractivity contribution is -0.385. The van der Waals surface area contributed by atoms with E-state index >= 15 is 0 Å². The maximum Gasteiger partial charge on any atom is 0.337 e. The molecule has 1 aliphatic heterocycles. The van der Waals surface area contributed by atoms with Crippen molar-refractivity contribution in [2.75, 3.05) is 32.1 Å². The van der Waals surface area contributed by atoms with E-state index in [9.17, 15) is 37.8 Å². The van der Waals surface area contributed by atoms with Crippen molar-refractivity contribution < 1.29 is 42.4 Å². The standard InChI is InChI=1S/C14H15N3O10S/c1-27-14(21)8-6-16(2-3-18)13(20)11(8)15-9-4-7(17(22)23)5-10(12(9)19)28(24,25)26/h4-5,15,18-19H,2-3,6H2,1H3,(H,24,25,26). The van der Waals surface area contributed by atoms with Gasteiger partial charge in [0, 0.05) is 18.7 Å². The number of aliphatic hydroxyl groups is 1. The molecule has 0 saturated carbocycles. The van der Waals surface area contributed by atoms with E-state index in [1.807, 2.05) is 0 Å². The fourth-order valence-electron chi connectivity index (χ4n) is 2.47. The lowest BCUT2D eigenvalue weighted by Gasteiger charge is -2.15. The molecule has 0 unspecified atom stereocenters. The highest BCUT2D eigenvalue weighted by atomic mass is 32.2. The smallest absolute Gasteiger partial charge is 0.337 e. The molecule has 0 bridgehead atoms. The Bertz CT molecular complexity index is 985. The summed E-state index contributed by atoms with van der Waals surface area (Å²) < 4.78 is 36.5. The van der Waals surface area contributed by atoms with Crippen molar-refractivity contribution in [2.24, 2.45) is 0 Å². The van der Waals surface area contributed by atoms with Gasteiger partial charge in [-0.1, -0.05) is 0 Å². The minimum Gasteiger partial charge on any atom is -0.504 e. The molecule has 0 saturated heterocycles. The largest absolute Gasteiger partial charge is 0.504 e. The second kappa shape index (κ2) is 7.79. The number of phenolic OH excluding ortho intramolecular Hbond substituents is 1. The summed E-state index contributed by atoms with van der Waals surface area (Å²) in [5.41, 5.74) is -2.07. The quantitative estimate of drug-likeness (QED) is 0.143. The topological polar surface area (TPSA) is 197 Å². The third-order valence-electron chi connectivity index (χ3n) is 3.76. The average Bonchev–Trinajstić information content (AvgIpc) is 2.91. The Morgan fingerprint density at radius 2 is 2.07 bits per heavy atom. The minimum absolute atomic E-state index is 0.137. The zero-order valence-corrected chi connectivity index (χ0v) is 15.1. The monoisotopic (exact) mass is 417 g/mol. The van der Waals surface area contributed by atoms with Crippen molar-refractivity contribution in [2.45, 2.75) is 4.90 Å². The summed E-state index contributed by atoms with van der Waals surface area (Å²) in [5.74, 6) is -2.82. The highest BCUT2D eigenvalue weighted by Gasteiger charge is 2.35. The third kappa shape index (κ3) is 4.03. The number of hydrogen-bond acceptors (Lipinski definition) is 10. The van der Waals surface area contributed by atoms with Gasteiger partial charge < -0.3 is 25.2 Å². The van der Waals surface area contributed by atoms with Crippen molar-refractivity contribution >= 4 is 33.4 Å². The normalized spacial score (nSPS) is 14.4. The molecule has 13 nitrogen and oxygen atoms in total. The third-order valence-corrected chi connectivity index (χ3v) is 4.63. The van der Waals surface area contributed by atoms with Crippen LogP contribution in [0.25, 0.3) is 0 Å². The van der Waals surface area contributed by atoms with Gasteiger partial charge in [-0.25, -0.2) is 4.79 Å². The number of anilines is 1. The number of carbonyl (C=O) groups is 2. The number of amides is 1. The molecule has 0 fully saturated rings. The molecule has 1 heterocycles. The molecular weight excluding hydrogens is 402 g/mol. The summed E-state index contributed by atoms with van der Waals surface area (Å²) in [5, 5.41) is 32.4. The van der Waals surface area contributed by atoms with E-state index < -0.39 is 61.2 Å². The molecule has 14 heteroatoms. The molecule has 1 amide bonds. The number of hydrogen-bond donors (Lipinski definition) is 4. The molecule has 2 rings (SSSR count). The Hall–Kier alpha value is -3.23. The highest BCUT2D eigenvalue weighted by Crippen LogP contribution is 2.37. The van der Waals surface area contributed by atoms with Crippen LogP contribution in [-0.4, -0.2) is 71.7 Å². The molecule has 4 N–H and O–H groups in total. The zero-order valence-electron chi connectivity index (χ0n) is 14.3. The number of esters is 1. The number of aromatic hydroxyl groups is 1. The van der Waals surface area contributed by atoms with E-state index in [2.05, 4.69) is 10.1 Å². The number of non-ortho nitro benzene ring substituents is 1. The van der Waals surface area contributed by atoms with Gasteiger partial charge in [0.1, 0.15) is 10.6 Å². The molecule has 0 radical (unpaired) electrons. The summed E-state index contributed by atoms with van der Waals surface area (Å²) in [6.07, 6.45) is 0. The van der Waals surface area contributed by atoms with Crippen LogP contribution in [0.3, 0.4) is 0 Å². The summed E-state index contributed by atoms with van der Waals surface area (Å²) in [7, 11) is -3.99. The van der Waals surface area contributed by atoms with Crippen LogP contribution in [0.1, 0.15) is 0 Å². The first-order valence-electron chi connectivity index (χ1n) is 7.48. The van der Waals surface area contributed by atoms with Crippen LogP contribution in [0.5, 0.6) is 5.75 Å². The number of benzene rings is 1. The predicted molar refractivity (Wildman–Crippen MR) is 90.9 cm³/mol. The highest BCUT2D eigenvalue weighted by molar-refractivity contribution is 7.86.